The van der Waals surface area contributed by atoms with Crippen molar-refractivity contribution in [3.05, 3.63) is 0 Å². The highest BCUT2D eigenvalue weighted by atomic mass is 32.2. The lowest BCUT2D eigenvalue weighted by atomic mass is 10.1. The Balaban J connectivity index is 3.80. The smallest absolute Gasteiger partial charge is 0.243 e. The molecule has 0 aromatic rings. The quantitative estimate of drug-likeness (QED) is 0.573. The van der Waals surface area contributed by atoms with E-state index in [9.17, 15) is 9.59 Å². The van der Waals surface area contributed by atoms with E-state index in [1.54, 1.807) is 18.8 Å². The average Bonchev–Trinajstić information content (AvgIpc) is 2.39. The second-order valence-electron chi connectivity index (χ2n) is 4.70. The Morgan fingerprint density at radius 1 is 1.16 bits per heavy atom. The molecule has 0 saturated carbocycles. The normalized spacial score (nSPS) is 12.2. The van der Waals surface area contributed by atoms with Gasteiger partial charge in [0.25, 0.3) is 0 Å². The number of likely N-dealkylation sites (N-methyl/N-ethyl adjacent to an activating group) is 1. The van der Waals surface area contributed by atoms with E-state index in [0.29, 0.717) is 6.42 Å². The molecule has 0 aromatic carbocycles. The summed E-state index contributed by atoms with van der Waals surface area (Å²) < 4.78 is 0. The van der Waals surface area contributed by atoms with Crippen LogP contribution < -0.4 is 10.6 Å². The first kappa shape index (κ1) is 18.4. The fourth-order valence-electron chi connectivity index (χ4n) is 1.82. The summed E-state index contributed by atoms with van der Waals surface area (Å²) in [6.45, 7) is 2.16. The molecule has 0 aliphatic heterocycles. The summed E-state index contributed by atoms with van der Waals surface area (Å²) in [5, 5.41) is 5.43. The van der Waals surface area contributed by atoms with Crippen LogP contribution in [-0.2, 0) is 9.59 Å². The van der Waals surface area contributed by atoms with Gasteiger partial charge in [-0.1, -0.05) is 32.6 Å². The number of rotatable bonds is 11. The topological polar surface area (TPSA) is 58.2 Å². The van der Waals surface area contributed by atoms with Crippen molar-refractivity contribution < 1.29 is 9.59 Å². The van der Waals surface area contributed by atoms with Crippen molar-refractivity contribution in [1.82, 2.24) is 10.6 Å². The van der Waals surface area contributed by atoms with Crippen molar-refractivity contribution in [3.8, 4) is 0 Å². The second-order valence-corrected chi connectivity index (χ2v) is 5.68. The SMILES string of the molecule is CCCCCCCC(=O)NC(=O)[C@H](CCSC)NC. The van der Waals surface area contributed by atoms with Crippen LogP contribution in [0.1, 0.15) is 51.9 Å². The summed E-state index contributed by atoms with van der Waals surface area (Å²) in [6, 6.07) is -0.267. The first-order valence-corrected chi connectivity index (χ1v) is 8.55. The van der Waals surface area contributed by atoms with Crippen LogP contribution in [-0.4, -0.2) is 36.9 Å². The third-order valence-electron chi connectivity index (χ3n) is 3.05. The van der Waals surface area contributed by atoms with Crippen molar-refractivity contribution in [2.45, 2.75) is 57.9 Å². The largest absolute Gasteiger partial charge is 0.309 e. The Hall–Kier alpha value is -0.550. The number of carbonyl (C=O) groups excluding carboxylic acids is 2. The molecule has 2 N–H and O–H groups in total. The third-order valence-corrected chi connectivity index (χ3v) is 3.69. The van der Waals surface area contributed by atoms with Crippen molar-refractivity contribution in [3.63, 3.8) is 0 Å². The summed E-state index contributed by atoms with van der Waals surface area (Å²) in [5.74, 6) is 0.561. The molecule has 0 saturated heterocycles. The van der Waals surface area contributed by atoms with Crippen molar-refractivity contribution in [1.29, 1.82) is 0 Å². The van der Waals surface area contributed by atoms with E-state index in [1.807, 2.05) is 6.26 Å². The number of unbranched alkanes of at least 4 members (excludes halogenated alkanes) is 4. The van der Waals surface area contributed by atoms with Gasteiger partial charge in [-0.25, -0.2) is 0 Å². The fraction of sp³-hybridized carbons (Fsp3) is 0.857. The average molecular weight is 288 g/mol. The molecule has 0 aliphatic carbocycles. The molecule has 5 heteroatoms. The van der Waals surface area contributed by atoms with Gasteiger partial charge in [-0.3, -0.25) is 14.9 Å². The molecule has 4 nitrogen and oxygen atoms in total. The zero-order chi connectivity index (χ0) is 14.5. The number of hydrogen-bond donors (Lipinski definition) is 2. The third kappa shape index (κ3) is 9.96. The lowest BCUT2D eigenvalue weighted by Gasteiger charge is -2.14. The van der Waals surface area contributed by atoms with E-state index in [-0.39, 0.29) is 17.9 Å². The fourth-order valence-corrected chi connectivity index (χ4v) is 2.29. The Morgan fingerprint density at radius 3 is 2.42 bits per heavy atom. The molecule has 0 unspecified atom stereocenters. The predicted molar refractivity (Wildman–Crippen MR) is 82.4 cm³/mol. The van der Waals surface area contributed by atoms with E-state index in [4.69, 9.17) is 0 Å². The van der Waals surface area contributed by atoms with Gasteiger partial charge in [0, 0.05) is 6.42 Å². The van der Waals surface area contributed by atoms with Gasteiger partial charge in [-0.2, -0.15) is 11.8 Å². The maximum atomic E-state index is 11.8. The Labute approximate surface area is 121 Å². The Kier molecular flexibility index (Phi) is 12.1. The molecule has 112 valence electrons. The molecule has 0 radical (unpaired) electrons. The predicted octanol–water partition coefficient (Wildman–Crippen LogP) is 2.33. The summed E-state index contributed by atoms with van der Waals surface area (Å²) in [4.78, 5) is 23.4. The van der Waals surface area contributed by atoms with Crippen LogP contribution >= 0.6 is 11.8 Å². The molecule has 0 fully saturated rings. The second kappa shape index (κ2) is 12.5. The number of carbonyl (C=O) groups is 2. The molecule has 0 aromatic heterocycles. The van der Waals surface area contributed by atoms with Gasteiger partial charge in [-0.15, -0.1) is 0 Å². The molecule has 19 heavy (non-hydrogen) atoms. The van der Waals surface area contributed by atoms with Crippen molar-refractivity contribution in [2.24, 2.45) is 0 Å². The number of imide groups is 1. The van der Waals surface area contributed by atoms with Gasteiger partial charge in [0.15, 0.2) is 0 Å². The van der Waals surface area contributed by atoms with Crippen LogP contribution in [0.2, 0.25) is 0 Å². The molecular weight excluding hydrogens is 260 g/mol. The molecule has 1 atom stereocenters. The van der Waals surface area contributed by atoms with Gasteiger partial charge in [0.1, 0.15) is 0 Å². The van der Waals surface area contributed by atoms with E-state index < -0.39 is 0 Å². The van der Waals surface area contributed by atoms with Crippen LogP contribution in [0.3, 0.4) is 0 Å². The molecule has 0 spiro atoms. The van der Waals surface area contributed by atoms with Crippen LogP contribution in [0.15, 0.2) is 0 Å². The minimum atomic E-state index is -0.267. The summed E-state index contributed by atoms with van der Waals surface area (Å²) in [5.41, 5.74) is 0. The molecule has 0 aliphatic rings. The van der Waals surface area contributed by atoms with Gasteiger partial charge >= 0.3 is 0 Å². The molecule has 0 rings (SSSR count). The van der Waals surface area contributed by atoms with E-state index in [2.05, 4.69) is 17.6 Å². The van der Waals surface area contributed by atoms with Gasteiger partial charge < -0.3 is 5.32 Å². The van der Waals surface area contributed by atoms with E-state index in [1.165, 1.54) is 19.3 Å². The van der Waals surface area contributed by atoms with Gasteiger partial charge in [0.05, 0.1) is 6.04 Å². The number of nitrogens with one attached hydrogen (secondary N) is 2. The summed E-state index contributed by atoms with van der Waals surface area (Å²) in [6.07, 6.45) is 8.73. The van der Waals surface area contributed by atoms with Crippen LogP contribution in [0.25, 0.3) is 0 Å². The van der Waals surface area contributed by atoms with Gasteiger partial charge in [0.2, 0.25) is 11.8 Å². The monoisotopic (exact) mass is 288 g/mol. The van der Waals surface area contributed by atoms with Crippen LogP contribution in [0, 0.1) is 0 Å². The Bertz CT molecular complexity index is 260. The highest BCUT2D eigenvalue weighted by molar-refractivity contribution is 7.98. The first-order chi connectivity index (χ1) is 9.15. The Morgan fingerprint density at radius 2 is 1.84 bits per heavy atom. The highest BCUT2D eigenvalue weighted by Crippen LogP contribution is 2.05. The van der Waals surface area contributed by atoms with E-state index >= 15 is 0 Å². The lowest BCUT2D eigenvalue weighted by molar-refractivity contribution is -0.131. The molecule has 0 heterocycles. The highest BCUT2D eigenvalue weighted by Gasteiger charge is 2.17. The van der Waals surface area contributed by atoms with Gasteiger partial charge in [-0.05, 0) is 31.9 Å². The molecule has 2 amide bonds. The minimum Gasteiger partial charge on any atom is -0.309 e. The molecular formula is C14H28N2O2S. The first-order valence-electron chi connectivity index (χ1n) is 7.15. The maximum Gasteiger partial charge on any atom is 0.243 e. The van der Waals surface area contributed by atoms with E-state index in [0.717, 1.165) is 25.0 Å². The van der Waals surface area contributed by atoms with Crippen LogP contribution in [0.4, 0.5) is 0 Å². The molecule has 0 bridgehead atoms. The number of thioether (sulfide) groups is 1. The lowest BCUT2D eigenvalue weighted by Crippen LogP contribution is -2.45. The van der Waals surface area contributed by atoms with Crippen molar-refractivity contribution in [2.75, 3.05) is 19.1 Å². The zero-order valence-electron chi connectivity index (χ0n) is 12.5. The number of hydrogen-bond acceptors (Lipinski definition) is 4. The standard InChI is InChI=1S/C14H28N2O2S/c1-4-5-6-7-8-9-13(17)16-14(18)12(15-2)10-11-19-3/h12,15H,4-11H2,1-3H3,(H,16,17,18)/t12-/m0/s1. The summed E-state index contributed by atoms with van der Waals surface area (Å²) >= 11 is 1.70. The maximum absolute atomic E-state index is 11.8. The van der Waals surface area contributed by atoms with Crippen molar-refractivity contribution >= 4 is 23.6 Å². The number of amides is 2. The zero-order valence-corrected chi connectivity index (χ0v) is 13.3. The van der Waals surface area contributed by atoms with Crippen LogP contribution in [0.5, 0.6) is 0 Å². The summed E-state index contributed by atoms with van der Waals surface area (Å²) in [7, 11) is 1.75. The minimum absolute atomic E-state index is 0.147.